The monoisotopic (exact) mass is 287 g/mol. The van der Waals surface area contributed by atoms with Gasteiger partial charge in [0.25, 0.3) is 11.5 Å². The SMILES string of the molecule is C=CCN(CC(=O)O)C(=O)c1n[nH]c(=O)c2ccccc12. The summed E-state index contributed by atoms with van der Waals surface area (Å²) in [4.78, 5) is 36.0. The number of rotatable bonds is 5. The average Bonchev–Trinajstić information content (AvgIpc) is 2.46. The van der Waals surface area contributed by atoms with E-state index in [1.54, 1.807) is 24.3 Å². The highest BCUT2D eigenvalue weighted by Gasteiger charge is 2.21. The lowest BCUT2D eigenvalue weighted by Gasteiger charge is -2.18. The quantitative estimate of drug-likeness (QED) is 0.785. The van der Waals surface area contributed by atoms with Gasteiger partial charge in [0.05, 0.1) is 5.39 Å². The number of carbonyl (C=O) groups is 2. The van der Waals surface area contributed by atoms with Gasteiger partial charge in [0, 0.05) is 11.9 Å². The van der Waals surface area contributed by atoms with Crippen molar-refractivity contribution in [2.45, 2.75) is 0 Å². The maximum Gasteiger partial charge on any atom is 0.323 e. The number of H-pyrrole nitrogens is 1. The van der Waals surface area contributed by atoms with Crippen molar-refractivity contribution >= 4 is 22.6 Å². The third-order valence-electron chi connectivity index (χ3n) is 2.86. The molecule has 2 aromatic rings. The van der Waals surface area contributed by atoms with E-state index in [1.807, 2.05) is 0 Å². The first-order chi connectivity index (χ1) is 10.0. The first kappa shape index (κ1) is 14.4. The summed E-state index contributed by atoms with van der Waals surface area (Å²) in [5, 5.41) is 15.6. The first-order valence-corrected chi connectivity index (χ1v) is 6.14. The average molecular weight is 287 g/mol. The number of hydrogen-bond donors (Lipinski definition) is 2. The summed E-state index contributed by atoms with van der Waals surface area (Å²) < 4.78 is 0. The zero-order valence-corrected chi connectivity index (χ0v) is 11.1. The Balaban J connectivity index is 2.52. The minimum Gasteiger partial charge on any atom is -0.480 e. The second kappa shape index (κ2) is 6.00. The summed E-state index contributed by atoms with van der Waals surface area (Å²) in [7, 11) is 0. The summed E-state index contributed by atoms with van der Waals surface area (Å²) >= 11 is 0. The number of aromatic amines is 1. The van der Waals surface area contributed by atoms with Crippen LogP contribution in [0.5, 0.6) is 0 Å². The van der Waals surface area contributed by atoms with E-state index >= 15 is 0 Å². The summed E-state index contributed by atoms with van der Waals surface area (Å²) in [6.45, 7) is 3.09. The number of hydrogen-bond acceptors (Lipinski definition) is 4. The fourth-order valence-electron chi connectivity index (χ4n) is 1.97. The lowest BCUT2D eigenvalue weighted by Crippen LogP contribution is -2.36. The third kappa shape index (κ3) is 2.97. The smallest absolute Gasteiger partial charge is 0.323 e. The molecule has 108 valence electrons. The van der Waals surface area contributed by atoms with Gasteiger partial charge in [0.2, 0.25) is 0 Å². The predicted octanol–water partition coefficient (Wildman–Crippen LogP) is 0.636. The number of carbonyl (C=O) groups excluding carboxylic acids is 1. The van der Waals surface area contributed by atoms with Crippen molar-refractivity contribution in [1.82, 2.24) is 15.1 Å². The van der Waals surface area contributed by atoms with Gasteiger partial charge in [-0.05, 0) is 6.07 Å². The summed E-state index contributed by atoms with van der Waals surface area (Å²) in [6.07, 6.45) is 1.43. The second-order valence-corrected chi connectivity index (χ2v) is 4.32. The molecule has 0 aliphatic carbocycles. The lowest BCUT2D eigenvalue weighted by molar-refractivity contribution is -0.137. The summed E-state index contributed by atoms with van der Waals surface area (Å²) in [5.41, 5.74) is -0.399. The first-order valence-electron chi connectivity index (χ1n) is 6.14. The summed E-state index contributed by atoms with van der Waals surface area (Å²) in [5.74, 6) is -1.72. The molecule has 0 spiro atoms. The van der Waals surface area contributed by atoms with Crippen LogP contribution in [0.1, 0.15) is 10.5 Å². The number of carboxylic acids is 1. The van der Waals surface area contributed by atoms with Crippen molar-refractivity contribution in [2.24, 2.45) is 0 Å². The maximum absolute atomic E-state index is 12.4. The van der Waals surface area contributed by atoms with Crippen molar-refractivity contribution < 1.29 is 14.7 Å². The van der Waals surface area contributed by atoms with Crippen LogP contribution in [0.25, 0.3) is 10.8 Å². The Hall–Kier alpha value is -2.96. The molecule has 21 heavy (non-hydrogen) atoms. The fourth-order valence-corrected chi connectivity index (χ4v) is 1.97. The van der Waals surface area contributed by atoms with Gasteiger partial charge in [-0.2, -0.15) is 5.10 Å². The normalized spacial score (nSPS) is 10.3. The van der Waals surface area contributed by atoms with Crippen molar-refractivity contribution in [1.29, 1.82) is 0 Å². The van der Waals surface area contributed by atoms with E-state index in [4.69, 9.17) is 5.11 Å². The van der Waals surface area contributed by atoms with Crippen molar-refractivity contribution in [2.75, 3.05) is 13.1 Å². The Labute approximate surface area is 119 Å². The number of aliphatic carboxylic acids is 1. The molecule has 0 unspecified atom stereocenters. The van der Waals surface area contributed by atoms with Gasteiger partial charge >= 0.3 is 5.97 Å². The number of fused-ring (bicyclic) bond motifs is 1. The largest absolute Gasteiger partial charge is 0.480 e. The molecule has 0 aliphatic rings. The molecule has 0 saturated heterocycles. The molecular weight excluding hydrogens is 274 g/mol. The zero-order valence-electron chi connectivity index (χ0n) is 11.1. The van der Waals surface area contributed by atoms with Gasteiger partial charge in [-0.3, -0.25) is 14.4 Å². The van der Waals surface area contributed by atoms with Crippen LogP contribution in [0.2, 0.25) is 0 Å². The molecule has 1 aromatic heterocycles. The van der Waals surface area contributed by atoms with E-state index in [2.05, 4.69) is 16.8 Å². The molecule has 2 N–H and O–H groups in total. The molecule has 0 atom stereocenters. The van der Waals surface area contributed by atoms with Gasteiger partial charge in [-0.25, -0.2) is 5.10 Å². The molecule has 7 nitrogen and oxygen atoms in total. The highest BCUT2D eigenvalue weighted by molar-refractivity contribution is 6.05. The van der Waals surface area contributed by atoms with Gasteiger partial charge < -0.3 is 10.0 Å². The Morgan fingerprint density at radius 1 is 1.33 bits per heavy atom. The molecule has 0 saturated carbocycles. The number of carboxylic acid groups (broad SMARTS) is 1. The molecule has 0 aliphatic heterocycles. The van der Waals surface area contributed by atoms with E-state index < -0.39 is 24.0 Å². The predicted molar refractivity (Wildman–Crippen MR) is 76.1 cm³/mol. The highest BCUT2D eigenvalue weighted by atomic mass is 16.4. The van der Waals surface area contributed by atoms with Crippen molar-refractivity contribution in [3.8, 4) is 0 Å². The van der Waals surface area contributed by atoms with Crippen LogP contribution in [0.3, 0.4) is 0 Å². The Morgan fingerprint density at radius 2 is 2.00 bits per heavy atom. The van der Waals surface area contributed by atoms with Crippen LogP contribution in [0.15, 0.2) is 41.7 Å². The summed E-state index contributed by atoms with van der Waals surface area (Å²) in [6, 6.07) is 6.51. The van der Waals surface area contributed by atoms with E-state index in [1.165, 1.54) is 6.08 Å². The Kier molecular flexibility index (Phi) is 4.13. The van der Waals surface area contributed by atoms with Crippen LogP contribution in [0, 0.1) is 0 Å². The topological polar surface area (TPSA) is 103 Å². The van der Waals surface area contributed by atoms with Crippen LogP contribution in [-0.4, -0.2) is 45.2 Å². The zero-order chi connectivity index (χ0) is 15.4. The molecule has 7 heteroatoms. The number of benzene rings is 1. The van der Waals surface area contributed by atoms with E-state index in [-0.39, 0.29) is 12.2 Å². The highest BCUT2D eigenvalue weighted by Crippen LogP contribution is 2.14. The number of nitrogens with one attached hydrogen (secondary N) is 1. The minimum absolute atomic E-state index is 0.00769. The van der Waals surface area contributed by atoms with Gasteiger partial charge in [-0.1, -0.05) is 24.3 Å². The molecular formula is C14H13N3O4. The van der Waals surface area contributed by atoms with Crippen LogP contribution < -0.4 is 5.56 Å². The van der Waals surface area contributed by atoms with Crippen molar-refractivity contribution in [3.05, 3.63) is 53.0 Å². The molecule has 0 radical (unpaired) electrons. The number of amides is 1. The molecule has 2 rings (SSSR count). The second-order valence-electron chi connectivity index (χ2n) is 4.32. The molecule has 1 amide bonds. The van der Waals surface area contributed by atoms with Crippen LogP contribution >= 0.6 is 0 Å². The van der Waals surface area contributed by atoms with Gasteiger partial charge in [0.15, 0.2) is 5.69 Å². The van der Waals surface area contributed by atoms with E-state index in [0.717, 1.165) is 4.90 Å². The molecule has 1 aromatic carbocycles. The molecule has 0 bridgehead atoms. The molecule has 1 heterocycles. The molecule has 0 fully saturated rings. The van der Waals surface area contributed by atoms with Gasteiger partial charge in [0.1, 0.15) is 6.54 Å². The van der Waals surface area contributed by atoms with E-state index in [9.17, 15) is 14.4 Å². The van der Waals surface area contributed by atoms with E-state index in [0.29, 0.717) is 10.8 Å². The number of nitrogens with zero attached hydrogens (tertiary/aromatic N) is 2. The standard InChI is InChI=1S/C14H13N3O4/c1-2-7-17(8-11(18)19)14(21)12-9-5-3-4-6-10(9)13(20)16-15-12/h2-6H,1,7-8H2,(H,16,20)(H,18,19). The minimum atomic E-state index is -1.14. The maximum atomic E-state index is 12.4. The van der Waals surface area contributed by atoms with Crippen molar-refractivity contribution in [3.63, 3.8) is 0 Å². The lowest BCUT2D eigenvalue weighted by atomic mass is 10.1. The van der Waals surface area contributed by atoms with Crippen LogP contribution in [0.4, 0.5) is 0 Å². The Morgan fingerprint density at radius 3 is 2.62 bits per heavy atom. The number of aromatic nitrogens is 2. The Bertz CT molecular complexity index is 766. The van der Waals surface area contributed by atoms with Crippen LogP contribution in [-0.2, 0) is 4.79 Å². The third-order valence-corrected chi connectivity index (χ3v) is 2.86. The fraction of sp³-hybridized carbons (Fsp3) is 0.143. The van der Waals surface area contributed by atoms with Gasteiger partial charge in [-0.15, -0.1) is 6.58 Å².